The summed E-state index contributed by atoms with van der Waals surface area (Å²) in [4.78, 5) is 59.0. The molecule has 29 heavy (non-hydrogen) atoms. The Labute approximate surface area is 170 Å². The van der Waals surface area contributed by atoms with Crippen LogP contribution in [0.1, 0.15) is 45.4 Å². The Morgan fingerprint density at radius 3 is 1.76 bits per heavy atom. The normalized spacial score (nSPS) is 12.1. The van der Waals surface area contributed by atoms with Gasteiger partial charge in [0.1, 0.15) is 12.1 Å². The first kappa shape index (κ1) is 26.1. The van der Waals surface area contributed by atoms with Crippen LogP contribution < -0.4 is 16.0 Å². The van der Waals surface area contributed by atoms with Gasteiger partial charge in [0.25, 0.3) is 0 Å². The van der Waals surface area contributed by atoms with Crippen molar-refractivity contribution >= 4 is 29.8 Å². The summed E-state index contributed by atoms with van der Waals surface area (Å²) in [5, 5.41) is 7.43. The molecule has 11 heteroatoms. The highest BCUT2D eigenvalue weighted by Gasteiger charge is 2.26. The highest BCUT2D eigenvalue weighted by molar-refractivity contribution is 5.87. The molecule has 0 spiro atoms. The van der Waals surface area contributed by atoms with E-state index in [0.717, 1.165) is 27.1 Å². The molecule has 2 atom stereocenters. The van der Waals surface area contributed by atoms with Crippen LogP contribution in [-0.4, -0.2) is 69.8 Å². The van der Waals surface area contributed by atoms with Gasteiger partial charge >= 0.3 is 23.9 Å². The van der Waals surface area contributed by atoms with Gasteiger partial charge in [0.2, 0.25) is 5.91 Å². The summed E-state index contributed by atoms with van der Waals surface area (Å²) in [6.45, 7) is 2.53. The van der Waals surface area contributed by atoms with Gasteiger partial charge in [-0.2, -0.15) is 0 Å². The SMILES string of the molecule is CCCCNC(=O)CCC(NC(=O)NC(CCC(=O)OC)C(=O)OC)C(=O)OC. The highest BCUT2D eigenvalue weighted by atomic mass is 16.5. The molecule has 3 amide bonds. The monoisotopic (exact) mass is 417 g/mol. The van der Waals surface area contributed by atoms with Gasteiger partial charge in [0, 0.05) is 19.4 Å². The zero-order chi connectivity index (χ0) is 22.2. The largest absolute Gasteiger partial charge is 0.469 e. The summed E-state index contributed by atoms with van der Waals surface area (Å²) in [6, 6.07) is -3.04. The minimum atomic E-state index is -1.12. The summed E-state index contributed by atoms with van der Waals surface area (Å²) < 4.78 is 13.7. The molecule has 0 radical (unpaired) electrons. The second-order valence-corrected chi connectivity index (χ2v) is 6.13. The van der Waals surface area contributed by atoms with Crippen LogP contribution in [0.15, 0.2) is 0 Å². The Hall–Kier alpha value is -2.85. The second kappa shape index (κ2) is 15.1. The van der Waals surface area contributed by atoms with Crippen LogP contribution in [0.3, 0.4) is 0 Å². The lowest BCUT2D eigenvalue weighted by atomic mass is 10.1. The molecule has 0 saturated carbocycles. The lowest BCUT2D eigenvalue weighted by Gasteiger charge is -2.20. The molecule has 2 unspecified atom stereocenters. The number of rotatable bonds is 13. The van der Waals surface area contributed by atoms with E-state index in [4.69, 9.17) is 0 Å². The van der Waals surface area contributed by atoms with Gasteiger partial charge in [0.05, 0.1) is 21.3 Å². The molecule has 0 rings (SSSR count). The summed E-state index contributed by atoms with van der Waals surface area (Å²) in [5.74, 6) is -2.29. The maximum atomic E-state index is 12.2. The Kier molecular flexibility index (Phi) is 13.6. The number of ether oxygens (including phenoxy) is 3. The topological polar surface area (TPSA) is 149 Å². The van der Waals surface area contributed by atoms with Gasteiger partial charge < -0.3 is 30.2 Å². The molecule has 3 N–H and O–H groups in total. The molecule has 0 aliphatic heterocycles. The number of hydrogen-bond acceptors (Lipinski definition) is 8. The highest BCUT2D eigenvalue weighted by Crippen LogP contribution is 2.04. The van der Waals surface area contributed by atoms with E-state index >= 15 is 0 Å². The van der Waals surface area contributed by atoms with Crippen molar-refractivity contribution in [2.75, 3.05) is 27.9 Å². The molecule has 0 aromatic rings. The molecule has 11 nitrogen and oxygen atoms in total. The molecule has 0 aromatic heterocycles. The summed E-state index contributed by atoms with van der Waals surface area (Å²) in [5.41, 5.74) is 0. The van der Waals surface area contributed by atoms with Crippen molar-refractivity contribution in [3.8, 4) is 0 Å². The van der Waals surface area contributed by atoms with Crippen molar-refractivity contribution in [2.24, 2.45) is 0 Å². The average Bonchev–Trinajstić information content (AvgIpc) is 2.72. The smallest absolute Gasteiger partial charge is 0.328 e. The van der Waals surface area contributed by atoms with E-state index in [1.54, 1.807) is 0 Å². The standard InChI is InChI=1S/C18H31N3O8/c1-5-6-11-19-14(22)9-7-12(16(24)28-3)20-18(26)21-13(17(25)29-4)8-10-15(23)27-2/h12-13H,5-11H2,1-4H3,(H,19,22)(H2,20,21,26). The lowest BCUT2D eigenvalue weighted by molar-refractivity contribution is -0.144. The van der Waals surface area contributed by atoms with Gasteiger partial charge in [-0.1, -0.05) is 13.3 Å². The summed E-state index contributed by atoms with van der Waals surface area (Å²) in [6.07, 6.45) is 1.64. The predicted molar refractivity (Wildman–Crippen MR) is 102 cm³/mol. The number of methoxy groups -OCH3 is 3. The first-order valence-corrected chi connectivity index (χ1v) is 9.35. The van der Waals surface area contributed by atoms with E-state index in [9.17, 15) is 24.0 Å². The molecular formula is C18H31N3O8. The van der Waals surface area contributed by atoms with E-state index in [1.165, 1.54) is 7.11 Å². The van der Waals surface area contributed by atoms with Crippen molar-refractivity contribution in [1.82, 2.24) is 16.0 Å². The molecule has 0 fully saturated rings. The van der Waals surface area contributed by atoms with Crippen LogP contribution in [-0.2, 0) is 33.4 Å². The van der Waals surface area contributed by atoms with Crippen molar-refractivity contribution in [2.45, 2.75) is 57.5 Å². The van der Waals surface area contributed by atoms with Crippen LogP contribution >= 0.6 is 0 Å². The van der Waals surface area contributed by atoms with Crippen molar-refractivity contribution in [3.05, 3.63) is 0 Å². The van der Waals surface area contributed by atoms with Crippen LogP contribution in [0.2, 0.25) is 0 Å². The number of carbonyl (C=O) groups is 5. The van der Waals surface area contributed by atoms with Crippen molar-refractivity contribution in [1.29, 1.82) is 0 Å². The minimum Gasteiger partial charge on any atom is -0.469 e. The summed E-state index contributed by atoms with van der Waals surface area (Å²) in [7, 11) is 3.50. The fourth-order valence-corrected chi connectivity index (χ4v) is 2.27. The molecule has 0 aliphatic rings. The number of amides is 3. The van der Waals surface area contributed by atoms with Gasteiger partial charge in [-0.25, -0.2) is 14.4 Å². The number of nitrogens with one attached hydrogen (secondary N) is 3. The molecule has 0 aromatic carbocycles. The van der Waals surface area contributed by atoms with Crippen LogP contribution in [0, 0.1) is 0 Å². The molecule has 166 valence electrons. The first-order valence-electron chi connectivity index (χ1n) is 9.35. The van der Waals surface area contributed by atoms with Crippen LogP contribution in [0.5, 0.6) is 0 Å². The van der Waals surface area contributed by atoms with E-state index in [-0.39, 0.29) is 31.6 Å². The number of urea groups is 1. The Balaban J connectivity index is 4.79. The third-order valence-electron chi connectivity index (χ3n) is 3.96. The predicted octanol–water partition coefficient (Wildman–Crippen LogP) is 0.0185. The van der Waals surface area contributed by atoms with E-state index in [1.807, 2.05) is 6.92 Å². The molecule has 0 saturated heterocycles. The maximum absolute atomic E-state index is 12.2. The van der Waals surface area contributed by atoms with Gasteiger partial charge in [0.15, 0.2) is 0 Å². The fourth-order valence-electron chi connectivity index (χ4n) is 2.27. The number of unbranched alkanes of at least 4 members (excludes halogenated alkanes) is 1. The van der Waals surface area contributed by atoms with E-state index < -0.39 is 36.0 Å². The zero-order valence-corrected chi connectivity index (χ0v) is 17.4. The van der Waals surface area contributed by atoms with Crippen LogP contribution in [0.4, 0.5) is 4.79 Å². The number of hydrogen-bond donors (Lipinski definition) is 3. The molecular weight excluding hydrogens is 386 g/mol. The fraction of sp³-hybridized carbons (Fsp3) is 0.722. The molecule has 0 heterocycles. The third-order valence-corrected chi connectivity index (χ3v) is 3.96. The Bertz CT molecular complexity index is 567. The zero-order valence-electron chi connectivity index (χ0n) is 17.4. The van der Waals surface area contributed by atoms with Gasteiger partial charge in [-0.05, 0) is 19.3 Å². The quantitative estimate of drug-likeness (QED) is 0.216. The molecule has 0 bridgehead atoms. The van der Waals surface area contributed by atoms with Crippen molar-refractivity contribution in [3.63, 3.8) is 0 Å². The second-order valence-electron chi connectivity index (χ2n) is 6.13. The van der Waals surface area contributed by atoms with Crippen LogP contribution in [0.25, 0.3) is 0 Å². The Morgan fingerprint density at radius 2 is 1.31 bits per heavy atom. The summed E-state index contributed by atoms with van der Waals surface area (Å²) >= 11 is 0. The number of esters is 3. The lowest BCUT2D eigenvalue weighted by Crippen LogP contribution is -2.51. The van der Waals surface area contributed by atoms with Crippen molar-refractivity contribution < 1.29 is 38.2 Å². The van der Waals surface area contributed by atoms with E-state index in [0.29, 0.717) is 6.54 Å². The van der Waals surface area contributed by atoms with Gasteiger partial charge in [-0.15, -0.1) is 0 Å². The number of carbonyl (C=O) groups excluding carboxylic acids is 5. The van der Waals surface area contributed by atoms with E-state index in [2.05, 4.69) is 30.2 Å². The minimum absolute atomic E-state index is 0.00648. The first-order chi connectivity index (χ1) is 13.8. The maximum Gasteiger partial charge on any atom is 0.328 e. The third kappa shape index (κ3) is 11.6. The van der Waals surface area contributed by atoms with Gasteiger partial charge in [-0.3, -0.25) is 9.59 Å². The molecule has 0 aliphatic carbocycles. The average molecular weight is 417 g/mol. The Morgan fingerprint density at radius 1 is 0.793 bits per heavy atom.